The first kappa shape index (κ1) is 13.0. The van der Waals surface area contributed by atoms with E-state index >= 15 is 0 Å². The van der Waals surface area contributed by atoms with E-state index in [2.05, 4.69) is 11.2 Å². The summed E-state index contributed by atoms with van der Waals surface area (Å²) in [6, 6.07) is 12.5. The molecule has 2 aromatic rings. The average molecular weight is 253 g/mol. The van der Waals surface area contributed by atoms with E-state index in [1.807, 2.05) is 26.0 Å². The van der Waals surface area contributed by atoms with Crippen LogP contribution in [0.25, 0.3) is 11.3 Å². The van der Waals surface area contributed by atoms with E-state index in [-0.39, 0.29) is 5.56 Å². The monoisotopic (exact) mass is 253 g/mol. The summed E-state index contributed by atoms with van der Waals surface area (Å²) in [6.45, 7) is 4.67. The van der Waals surface area contributed by atoms with Crippen molar-refractivity contribution in [3.05, 3.63) is 52.3 Å². The Kier molecular flexibility index (Phi) is 3.76. The SMILES string of the molecule is CC(C)Cn1nc(-c2cccc(C#N)c2)ccc1=O. The van der Waals surface area contributed by atoms with E-state index < -0.39 is 0 Å². The lowest BCUT2D eigenvalue weighted by molar-refractivity contribution is 0.465. The number of nitriles is 1. The van der Waals surface area contributed by atoms with Crippen LogP contribution in [0.5, 0.6) is 0 Å². The van der Waals surface area contributed by atoms with Gasteiger partial charge in [0.1, 0.15) is 0 Å². The van der Waals surface area contributed by atoms with Gasteiger partial charge in [-0.25, -0.2) is 4.68 Å². The van der Waals surface area contributed by atoms with Gasteiger partial charge in [0.25, 0.3) is 5.56 Å². The van der Waals surface area contributed by atoms with Crippen LogP contribution in [0, 0.1) is 17.2 Å². The van der Waals surface area contributed by atoms with Crippen molar-refractivity contribution in [2.45, 2.75) is 20.4 Å². The first-order valence-electron chi connectivity index (χ1n) is 6.19. The number of rotatable bonds is 3. The number of hydrogen-bond acceptors (Lipinski definition) is 3. The lowest BCUT2D eigenvalue weighted by Gasteiger charge is -2.09. The maximum absolute atomic E-state index is 11.7. The van der Waals surface area contributed by atoms with Crippen molar-refractivity contribution in [1.29, 1.82) is 5.26 Å². The normalized spacial score (nSPS) is 10.4. The van der Waals surface area contributed by atoms with Crippen molar-refractivity contribution in [3.63, 3.8) is 0 Å². The third-order valence-electron chi connectivity index (χ3n) is 2.69. The van der Waals surface area contributed by atoms with E-state index in [0.29, 0.717) is 23.7 Å². The van der Waals surface area contributed by atoms with Gasteiger partial charge in [-0.3, -0.25) is 4.79 Å². The van der Waals surface area contributed by atoms with Gasteiger partial charge in [-0.2, -0.15) is 10.4 Å². The van der Waals surface area contributed by atoms with Crippen LogP contribution in [-0.4, -0.2) is 9.78 Å². The van der Waals surface area contributed by atoms with Gasteiger partial charge in [-0.1, -0.05) is 26.0 Å². The number of aromatic nitrogens is 2. The van der Waals surface area contributed by atoms with Crippen molar-refractivity contribution < 1.29 is 0 Å². The fraction of sp³-hybridized carbons (Fsp3) is 0.267. The predicted molar refractivity (Wildman–Crippen MR) is 73.5 cm³/mol. The molecule has 0 saturated carbocycles. The molecule has 1 heterocycles. The molecule has 0 aliphatic heterocycles. The standard InChI is InChI=1S/C15H15N3O/c1-11(2)10-18-15(19)7-6-14(17-18)13-5-3-4-12(8-13)9-16/h3-8,11H,10H2,1-2H3. The van der Waals surface area contributed by atoms with Crippen LogP contribution in [0.15, 0.2) is 41.2 Å². The van der Waals surface area contributed by atoms with Crippen molar-refractivity contribution in [3.8, 4) is 17.3 Å². The van der Waals surface area contributed by atoms with Crippen LogP contribution in [0.2, 0.25) is 0 Å². The van der Waals surface area contributed by atoms with Gasteiger partial charge in [0.05, 0.1) is 17.3 Å². The van der Waals surface area contributed by atoms with Crippen LogP contribution >= 0.6 is 0 Å². The zero-order chi connectivity index (χ0) is 13.8. The Bertz CT molecular complexity index is 680. The summed E-state index contributed by atoms with van der Waals surface area (Å²) >= 11 is 0. The van der Waals surface area contributed by atoms with E-state index in [1.54, 1.807) is 18.2 Å². The topological polar surface area (TPSA) is 58.7 Å². The largest absolute Gasteiger partial charge is 0.268 e. The molecule has 4 heteroatoms. The van der Waals surface area contributed by atoms with Crippen LogP contribution in [0.1, 0.15) is 19.4 Å². The molecule has 2 rings (SSSR count). The van der Waals surface area contributed by atoms with E-state index in [4.69, 9.17) is 5.26 Å². The molecule has 19 heavy (non-hydrogen) atoms. The molecule has 0 atom stereocenters. The second-order valence-corrected chi connectivity index (χ2v) is 4.83. The van der Waals surface area contributed by atoms with E-state index in [1.165, 1.54) is 10.7 Å². The Morgan fingerprint density at radius 1 is 1.32 bits per heavy atom. The minimum atomic E-state index is -0.103. The first-order valence-corrected chi connectivity index (χ1v) is 6.19. The fourth-order valence-electron chi connectivity index (χ4n) is 1.83. The predicted octanol–water partition coefficient (Wildman–Crippen LogP) is 2.44. The number of benzene rings is 1. The first-order chi connectivity index (χ1) is 9.10. The molecule has 0 bridgehead atoms. The highest BCUT2D eigenvalue weighted by atomic mass is 16.1. The number of hydrogen-bond donors (Lipinski definition) is 0. The molecule has 4 nitrogen and oxygen atoms in total. The quantitative estimate of drug-likeness (QED) is 0.844. The van der Waals surface area contributed by atoms with Gasteiger partial charge in [0.15, 0.2) is 0 Å². The Balaban J connectivity index is 2.45. The third-order valence-corrected chi connectivity index (χ3v) is 2.69. The van der Waals surface area contributed by atoms with Crippen molar-refractivity contribution in [2.24, 2.45) is 5.92 Å². The Hall–Kier alpha value is -2.41. The molecule has 0 radical (unpaired) electrons. The molecule has 1 aromatic carbocycles. The highest BCUT2D eigenvalue weighted by Gasteiger charge is 2.05. The molecule has 0 saturated heterocycles. The molecule has 0 aliphatic carbocycles. The average Bonchev–Trinajstić information content (AvgIpc) is 2.41. The van der Waals surface area contributed by atoms with Gasteiger partial charge >= 0.3 is 0 Å². The van der Waals surface area contributed by atoms with Crippen LogP contribution in [0.4, 0.5) is 0 Å². The zero-order valence-corrected chi connectivity index (χ0v) is 11.0. The van der Waals surface area contributed by atoms with Crippen molar-refractivity contribution >= 4 is 0 Å². The summed E-state index contributed by atoms with van der Waals surface area (Å²) in [5.41, 5.74) is 2.03. The molecule has 1 aromatic heterocycles. The Morgan fingerprint density at radius 3 is 2.79 bits per heavy atom. The highest BCUT2D eigenvalue weighted by molar-refractivity contribution is 5.60. The smallest absolute Gasteiger partial charge is 0.266 e. The Labute approximate surface area is 111 Å². The molecule has 0 spiro atoms. The van der Waals surface area contributed by atoms with Crippen LogP contribution < -0.4 is 5.56 Å². The summed E-state index contributed by atoms with van der Waals surface area (Å²) in [5.74, 6) is 0.353. The third kappa shape index (κ3) is 3.08. The maximum atomic E-state index is 11.7. The Morgan fingerprint density at radius 2 is 2.11 bits per heavy atom. The minimum absolute atomic E-state index is 0.103. The summed E-state index contributed by atoms with van der Waals surface area (Å²) in [5, 5.41) is 13.3. The molecule has 0 amide bonds. The second-order valence-electron chi connectivity index (χ2n) is 4.83. The number of nitrogens with zero attached hydrogens (tertiary/aromatic N) is 3. The molecule has 0 unspecified atom stereocenters. The lowest BCUT2D eigenvalue weighted by Crippen LogP contribution is -2.24. The van der Waals surface area contributed by atoms with Gasteiger partial charge in [-0.15, -0.1) is 0 Å². The molecule has 0 N–H and O–H groups in total. The van der Waals surface area contributed by atoms with Gasteiger partial charge in [0.2, 0.25) is 0 Å². The minimum Gasteiger partial charge on any atom is -0.268 e. The summed E-state index contributed by atoms with van der Waals surface area (Å²) < 4.78 is 1.47. The van der Waals surface area contributed by atoms with Gasteiger partial charge in [0, 0.05) is 18.2 Å². The summed E-state index contributed by atoms with van der Waals surface area (Å²) in [4.78, 5) is 11.7. The zero-order valence-electron chi connectivity index (χ0n) is 11.0. The highest BCUT2D eigenvalue weighted by Crippen LogP contribution is 2.16. The van der Waals surface area contributed by atoms with Crippen LogP contribution in [-0.2, 0) is 6.54 Å². The molecular weight excluding hydrogens is 238 g/mol. The lowest BCUT2D eigenvalue weighted by atomic mass is 10.1. The summed E-state index contributed by atoms with van der Waals surface area (Å²) in [7, 11) is 0. The molecular formula is C15H15N3O. The van der Waals surface area contributed by atoms with E-state index in [0.717, 1.165) is 5.56 Å². The van der Waals surface area contributed by atoms with Crippen molar-refractivity contribution in [1.82, 2.24) is 9.78 Å². The van der Waals surface area contributed by atoms with Gasteiger partial charge in [-0.05, 0) is 24.1 Å². The molecule has 0 fully saturated rings. The maximum Gasteiger partial charge on any atom is 0.266 e. The van der Waals surface area contributed by atoms with Gasteiger partial charge < -0.3 is 0 Å². The molecule has 96 valence electrons. The second kappa shape index (κ2) is 5.49. The summed E-state index contributed by atoms with van der Waals surface area (Å²) in [6.07, 6.45) is 0. The van der Waals surface area contributed by atoms with E-state index in [9.17, 15) is 4.79 Å². The van der Waals surface area contributed by atoms with Crippen molar-refractivity contribution in [2.75, 3.05) is 0 Å². The molecule has 0 aliphatic rings. The fourth-order valence-corrected chi connectivity index (χ4v) is 1.83. The van der Waals surface area contributed by atoms with Crippen LogP contribution in [0.3, 0.4) is 0 Å².